The number of methoxy groups -OCH3 is 1. The van der Waals surface area contributed by atoms with Gasteiger partial charge in [0, 0.05) is 16.5 Å². The molecule has 0 aliphatic heterocycles. The van der Waals surface area contributed by atoms with Crippen LogP contribution in [-0.4, -0.2) is 12.1 Å². The molecule has 96 valence electrons. The largest absolute Gasteiger partial charge is 0.497 e. The highest BCUT2D eigenvalue weighted by molar-refractivity contribution is 7.09. The molecule has 0 atom stereocenters. The van der Waals surface area contributed by atoms with Crippen LogP contribution in [0.4, 0.5) is 5.82 Å². The summed E-state index contributed by atoms with van der Waals surface area (Å²) in [7, 11) is 1.68. The van der Waals surface area contributed by atoms with Gasteiger partial charge in [-0.15, -0.1) is 11.3 Å². The van der Waals surface area contributed by atoms with Gasteiger partial charge in [0.15, 0.2) is 0 Å². The molecule has 2 heterocycles. The first kappa shape index (κ1) is 12.0. The number of anilines is 1. The Bertz CT molecular complexity index is 680. The zero-order chi connectivity index (χ0) is 13.1. The summed E-state index contributed by atoms with van der Waals surface area (Å²) >= 11 is 1.74. The van der Waals surface area contributed by atoms with E-state index in [-0.39, 0.29) is 0 Å². The highest BCUT2D eigenvalue weighted by Gasteiger charge is 2.03. The Kier molecular flexibility index (Phi) is 3.33. The first-order chi connectivity index (χ1) is 9.36. The maximum atomic E-state index is 5.24. The minimum atomic E-state index is 0.801. The molecule has 19 heavy (non-hydrogen) atoms. The average Bonchev–Trinajstić information content (AvgIpc) is 2.97. The van der Waals surface area contributed by atoms with Crippen LogP contribution >= 0.6 is 11.3 Å². The second kappa shape index (κ2) is 5.28. The van der Waals surface area contributed by atoms with Crippen LogP contribution in [0.25, 0.3) is 10.8 Å². The molecule has 1 aromatic carbocycles. The van der Waals surface area contributed by atoms with Gasteiger partial charge in [-0.05, 0) is 41.1 Å². The third kappa shape index (κ3) is 2.53. The Balaban J connectivity index is 1.90. The first-order valence-corrected chi connectivity index (χ1v) is 6.94. The van der Waals surface area contributed by atoms with Gasteiger partial charge in [-0.25, -0.2) is 4.98 Å². The zero-order valence-corrected chi connectivity index (χ0v) is 11.4. The van der Waals surface area contributed by atoms with Crippen LogP contribution in [-0.2, 0) is 6.54 Å². The van der Waals surface area contributed by atoms with E-state index >= 15 is 0 Å². The number of benzene rings is 1. The Morgan fingerprint density at radius 3 is 3.00 bits per heavy atom. The molecule has 0 amide bonds. The quantitative estimate of drug-likeness (QED) is 0.780. The van der Waals surface area contributed by atoms with E-state index in [2.05, 4.69) is 27.8 Å². The number of rotatable bonds is 4. The summed E-state index contributed by atoms with van der Waals surface area (Å²) in [5.41, 5.74) is 0. The Morgan fingerprint density at radius 1 is 1.26 bits per heavy atom. The van der Waals surface area contributed by atoms with Gasteiger partial charge in [-0.3, -0.25) is 0 Å². The van der Waals surface area contributed by atoms with Gasteiger partial charge in [-0.1, -0.05) is 6.07 Å². The number of nitrogens with zero attached hydrogens (tertiary/aromatic N) is 1. The maximum Gasteiger partial charge on any atom is 0.134 e. The molecule has 4 heteroatoms. The van der Waals surface area contributed by atoms with Gasteiger partial charge in [-0.2, -0.15) is 0 Å². The summed E-state index contributed by atoms with van der Waals surface area (Å²) in [4.78, 5) is 5.71. The summed E-state index contributed by atoms with van der Waals surface area (Å²) in [6, 6.07) is 12.2. The lowest BCUT2D eigenvalue weighted by atomic mass is 10.1. The molecule has 3 rings (SSSR count). The lowest BCUT2D eigenvalue weighted by Crippen LogP contribution is -2.00. The van der Waals surface area contributed by atoms with E-state index in [9.17, 15) is 0 Å². The molecule has 0 unspecified atom stereocenters. The van der Waals surface area contributed by atoms with Crippen LogP contribution in [0.1, 0.15) is 4.88 Å². The van der Waals surface area contributed by atoms with Crippen molar-refractivity contribution in [3.05, 3.63) is 52.9 Å². The molecule has 3 aromatic rings. The van der Waals surface area contributed by atoms with E-state index in [4.69, 9.17) is 4.74 Å². The van der Waals surface area contributed by atoms with Gasteiger partial charge >= 0.3 is 0 Å². The van der Waals surface area contributed by atoms with Crippen LogP contribution in [0.15, 0.2) is 48.0 Å². The average molecular weight is 270 g/mol. The van der Waals surface area contributed by atoms with Crippen molar-refractivity contribution in [2.45, 2.75) is 6.54 Å². The van der Waals surface area contributed by atoms with Crippen LogP contribution < -0.4 is 10.1 Å². The van der Waals surface area contributed by atoms with Gasteiger partial charge < -0.3 is 10.1 Å². The number of nitrogens with one attached hydrogen (secondary N) is 1. The van der Waals surface area contributed by atoms with Crippen LogP contribution in [0.3, 0.4) is 0 Å². The molecule has 3 nitrogen and oxygen atoms in total. The normalized spacial score (nSPS) is 10.6. The van der Waals surface area contributed by atoms with Crippen molar-refractivity contribution >= 4 is 27.9 Å². The predicted octanol–water partition coefficient (Wildman–Crippen LogP) is 3.92. The standard InChI is InChI=1S/C15H14N2OS/c1-18-12-4-5-14-11(9-12)6-7-16-15(14)17-10-13-3-2-8-19-13/h2-9H,10H2,1H3,(H,16,17). The third-order valence-corrected chi connectivity index (χ3v) is 3.86. The number of aromatic nitrogens is 1. The third-order valence-electron chi connectivity index (χ3n) is 2.98. The van der Waals surface area contributed by atoms with E-state index < -0.39 is 0 Å². The fraction of sp³-hybridized carbons (Fsp3) is 0.133. The summed E-state index contributed by atoms with van der Waals surface area (Å²) in [6.45, 7) is 0.801. The summed E-state index contributed by atoms with van der Waals surface area (Å²) in [5.74, 6) is 1.77. The molecule has 2 aromatic heterocycles. The van der Waals surface area contributed by atoms with E-state index in [1.54, 1.807) is 18.4 Å². The van der Waals surface area contributed by atoms with Crippen molar-refractivity contribution in [1.82, 2.24) is 4.98 Å². The minimum Gasteiger partial charge on any atom is -0.497 e. The molecule has 1 N–H and O–H groups in total. The molecule has 0 aliphatic rings. The van der Waals surface area contributed by atoms with Crippen LogP contribution in [0.5, 0.6) is 5.75 Å². The zero-order valence-electron chi connectivity index (χ0n) is 10.6. The van der Waals surface area contributed by atoms with Gasteiger partial charge in [0.25, 0.3) is 0 Å². The molecule has 0 radical (unpaired) electrons. The van der Waals surface area contributed by atoms with Crippen molar-refractivity contribution in [3.8, 4) is 5.75 Å². The highest BCUT2D eigenvalue weighted by atomic mass is 32.1. The number of pyridine rings is 1. The Hall–Kier alpha value is -2.07. The first-order valence-electron chi connectivity index (χ1n) is 6.06. The smallest absolute Gasteiger partial charge is 0.134 e. The Morgan fingerprint density at radius 2 is 2.21 bits per heavy atom. The Labute approximate surface area is 115 Å². The summed E-state index contributed by atoms with van der Waals surface area (Å²) in [5, 5.41) is 7.71. The number of fused-ring (bicyclic) bond motifs is 1. The molecule has 0 fully saturated rings. The monoisotopic (exact) mass is 270 g/mol. The topological polar surface area (TPSA) is 34.1 Å². The molecular weight excluding hydrogens is 256 g/mol. The summed E-state index contributed by atoms with van der Waals surface area (Å²) in [6.07, 6.45) is 1.82. The summed E-state index contributed by atoms with van der Waals surface area (Å²) < 4.78 is 5.24. The second-order valence-corrected chi connectivity index (χ2v) is 5.21. The number of hydrogen-bond donors (Lipinski definition) is 1. The molecule has 0 spiro atoms. The van der Waals surface area contributed by atoms with Gasteiger partial charge in [0.05, 0.1) is 13.7 Å². The van der Waals surface area contributed by atoms with Crippen molar-refractivity contribution in [3.63, 3.8) is 0 Å². The number of thiophene rings is 1. The van der Waals surface area contributed by atoms with E-state index in [1.807, 2.05) is 30.5 Å². The minimum absolute atomic E-state index is 0.801. The molecule has 0 bridgehead atoms. The molecule has 0 saturated heterocycles. The van der Waals surface area contributed by atoms with Gasteiger partial charge in [0.1, 0.15) is 11.6 Å². The van der Waals surface area contributed by atoms with Crippen molar-refractivity contribution in [2.24, 2.45) is 0 Å². The SMILES string of the molecule is COc1ccc2c(NCc3cccs3)nccc2c1. The predicted molar refractivity (Wildman–Crippen MR) is 79.9 cm³/mol. The highest BCUT2D eigenvalue weighted by Crippen LogP contribution is 2.25. The number of ether oxygens (including phenoxy) is 1. The van der Waals surface area contributed by atoms with Crippen molar-refractivity contribution in [1.29, 1.82) is 0 Å². The lowest BCUT2D eigenvalue weighted by molar-refractivity contribution is 0.415. The second-order valence-electron chi connectivity index (χ2n) is 4.18. The maximum absolute atomic E-state index is 5.24. The fourth-order valence-corrected chi connectivity index (χ4v) is 2.65. The van der Waals surface area contributed by atoms with E-state index in [0.29, 0.717) is 0 Å². The van der Waals surface area contributed by atoms with E-state index in [1.165, 1.54) is 4.88 Å². The fourth-order valence-electron chi connectivity index (χ4n) is 2.01. The lowest BCUT2D eigenvalue weighted by Gasteiger charge is -2.08. The van der Waals surface area contributed by atoms with Crippen molar-refractivity contribution < 1.29 is 4.74 Å². The molecule has 0 saturated carbocycles. The van der Waals surface area contributed by atoms with Crippen LogP contribution in [0, 0.1) is 0 Å². The molecule has 0 aliphatic carbocycles. The number of hydrogen-bond acceptors (Lipinski definition) is 4. The van der Waals surface area contributed by atoms with Gasteiger partial charge in [0.2, 0.25) is 0 Å². The van der Waals surface area contributed by atoms with Crippen molar-refractivity contribution in [2.75, 3.05) is 12.4 Å². The van der Waals surface area contributed by atoms with Crippen LogP contribution in [0.2, 0.25) is 0 Å². The molecular formula is C15H14N2OS. The van der Waals surface area contributed by atoms with E-state index in [0.717, 1.165) is 28.9 Å².